The van der Waals surface area contributed by atoms with Crippen LogP contribution in [0.4, 0.5) is 5.82 Å². The summed E-state index contributed by atoms with van der Waals surface area (Å²) in [5.74, 6) is -1.15. The lowest BCUT2D eigenvalue weighted by Crippen LogP contribution is -2.54. The van der Waals surface area contributed by atoms with Gasteiger partial charge in [0, 0.05) is 31.0 Å². The zero-order chi connectivity index (χ0) is 35.0. The van der Waals surface area contributed by atoms with Crippen molar-refractivity contribution >= 4 is 29.4 Å². The van der Waals surface area contributed by atoms with Crippen LogP contribution in [-0.2, 0) is 22.6 Å². The van der Waals surface area contributed by atoms with E-state index in [-0.39, 0.29) is 35.5 Å². The van der Waals surface area contributed by atoms with Crippen molar-refractivity contribution in [1.29, 1.82) is 0 Å². The Morgan fingerprint density at radius 3 is 2.40 bits per heavy atom. The molecule has 1 fully saturated rings. The lowest BCUT2D eigenvalue weighted by Gasteiger charge is -2.27. The molecule has 4 aromatic rings. The molecule has 2 aliphatic rings. The second-order valence-corrected chi connectivity index (χ2v) is 12.1. The van der Waals surface area contributed by atoms with Crippen molar-refractivity contribution in [3.63, 3.8) is 0 Å². The molecule has 1 unspecified atom stereocenters. The second-order valence-electron chi connectivity index (χ2n) is 12.1. The minimum atomic E-state index is -1.01. The van der Waals surface area contributed by atoms with E-state index >= 15 is 0 Å². The van der Waals surface area contributed by atoms with Gasteiger partial charge < -0.3 is 25.6 Å². The smallest absolute Gasteiger partial charge is 0.266 e. The quantitative estimate of drug-likeness (QED) is 0.106. The second kappa shape index (κ2) is 15.6. The van der Waals surface area contributed by atoms with Gasteiger partial charge in [0.05, 0.1) is 24.3 Å². The Bertz CT molecular complexity index is 1900. The molecule has 6 rings (SSSR count). The van der Waals surface area contributed by atoms with Gasteiger partial charge in [-0.1, -0.05) is 42.5 Å². The number of nitrogen functional groups attached to an aromatic ring is 1. The Labute approximate surface area is 288 Å². The number of aromatic hydroxyl groups is 1. The molecule has 0 aliphatic carbocycles. The molecule has 5 N–H and O–H groups in total. The molecule has 1 aromatic heterocycles. The van der Waals surface area contributed by atoms with E-state index in [1.807, 2.05) is 6.07 Å². The van der Waals surface area contributed by atoms with Gasteiger partial charge in [-0.2, -0.15) is 0 Å². The summed E-state index contributed by atoms with van der Waals surface area (Å²) in [6.45, 7) is 2.34. The Morgan fingerprint density at radius 2 is 1.60 bits per heavy atom. The van der Waals surface area contributed by atoms with Crippen LogP contribution in [-0.4, -0.2) is 69.6 Å². The molecule has 0 bridgehead atoms. The molecule has 0 spiro atoms. The normalized spacial score (nSPS) is 15.6. The van der Waals surface area contributed by atoms with Gasteiger partial charge in [0.2, 0.25) is 11.8 Å². The Hall–Kier alpha value is -5.82. The zero-order valence-corrected chi connectivity index (χ0v) is 27.4. The van der Waals surface area contributed by atoms with Crippen molar-refractivity contribution in [2.24, 2.45) is 0 Å². The molecule has 50 heavy (non-hydrogen) atoms. The van der Waals surface area contributed by atoms with Crippen molar-refractivity contribution in [2.75, 3.05) is 25.5 Å². The first kappa shape index (κ1) is 34.1. The molecule has 4 amide bonds. The number of nitrogens with two attached hydrogens (primary N) is 1. The van der Waals surface area contributed by atoms with Crippen LogP contribution in [0.3, 0.4) is 0 Å². The van der Waals surface area contributed by atoms with E-state index in [0.717, 1.165) is 48.4 Å². The molecule has 258 valence electrons. The van der Waals surface area contributed by atoms with Gasteiger partial charge in [0.15, 0.2) is 11.6 Å². The van der Waals surface area contributed by atoms with Gasteiger partial charge in [-0.3, -0.25) is 29.4 Å². The van der Waals surface area contributed by atoms with E-state index in [1.165, 1.54) is 0 Å². The molecule has 3 aromatic carbocycles. The first-order valence-corrected chi connectivity index (χ1v) is 16.6. The maximum Gasteiger partial charge on any atom is 0.266 e. The summed E-state index contributed by atoms with van der Waals surface area (Å²) >= 11 is 0. The summed E-state index contributed by atoms with van der Waals surface area (Å²) in [6, 6.07) is 20.7. The van der Waals surface area contributed by atoms with Crippen LogP contribution in [0.1, 0.15) is 63.9 Å². The number of phenolic OH excluding ortho intramolecular Hbond substituents is 1. The van der Waals surface area contributed by atoms with E-state index in [0.29, 0.717) is 42.4 Å². The van der Waals surface area contributed by atoms with E-state index in [4.69, 9.17) is 15.2 Å². The molecule has 13 nitrogen and oxygen atoms in total. The standard InChI is InChI=1S/C37H38N6O7/c38-34-31(21-27(41-42-34)25-7-2-3-9-29(25)44)50-20-17-23-11-13-24(14-12-23)22-39-18-4-1-5-19-49-30-10-6-8-26-33(30)37(48)43(36(26)47)28-15-16-32(45)40-35(28)46/h2-3,6-14,21,28,39,44H,1,4-5,15-20,22H2,(H2,38,42)(H,40,45,46). The number of piperidine rings is 1. The predicted molar refractivity (Wildman–Crippen MR) is 183 cm³/mol. The molecule has 13 heteroatoms. The molecule has 0 radical (unpaired) electrons. The maximum atomic E-state index is 13.2. The third kappa shape index (κ3) is 7.73. The number of rotatable bonds is 15. The number of hydrogen-bond donors (Lipinski definition) is 4. The van der Waals surface area contributed by atoms with Gasteiger partial charge in [0.25, 0.3) is 11.8 Å². The van der Waals surface area contributed by atoms with Crippen LogP contribution in [0, 0.1) is 0 Å². The highest BCUT2D eigenvalue weighted by Gasteiger charge is 2.46. The van der Waals surface area contributed by atoms with Crippen molar-refractivity contribution in [3.8, 4) is 28.5 Å². The lowest BCUT2D eigenvalue weighted by molar-refractivity contribution is -0.136. The number of carbonyl (C=O) groups excluding carboxylic acids is 4. The van der Waals surface area contributed by atoms with Crippen LogP contribution in [0.15, 0.2) is 72.8 Å². The number of aromatic nitrogens is 2. The van der Waals surface area contributed by atoms with E-state index < -0.39 is 29.7 Å². The highest BCUT2D eigenvalue weighted by atomic mass is 16.5. The first-order valence-electron chi connectivity index (χ1n) is 16.6. The Kier molecular flexibility index (Phi) is 10.6. The highest BCUT2D eigenvalue weighted by molar-refractivity contribution is 6.24. The van der Waals surface area contributed by atoms with Crippen molar-refractivity contribution < 1.29 is 33.8 Å². The fourth-order valence-corrected chi connectivity index (χ4v) is 5.97. The van der Waals surface area contributed by atoms with E-state index in [9.17, 15) is 24.3 Å². The number of para-hydroxylation sites is 1. The SMILES string of the molecule is Nc1nnc(-c2ccccc2O)cc1OCCc1ccc(CNCCCCCOc2cccc3c2C(=O)N(C2CCC(=O)NC2=O)C3=O)cc1. The fourth-order valence-electron chi connectivity index (χ4n) is 5.97. The van der Waals surface area contributed by atoms with Gasteiger partial charge in [-0.25, -0.2) is 0 Å². The van der Waals surface area contributed by atoms with E-state index in [2.05, 4.69) is 45.1 Å². The Balaban J connectivity index is 0.881. The largest absolute Gasteiger partial charge is 0.507 e. The minimum absolute atomic E-state index is 0.0683. The molecular formula is C37H38N6O7. The van der Waals surface area contributed by atoms with Crippen LogP contribution in [0.5, 0.6) is 17.2 Å². The number of hydrogen-bond acceptors (Lipinski definition) is 11. The number of carbonyl (C=O) groups is 4. The minimum Gasteiger partial charge on any atom is -0.507 e. The number of benzene rings is 3. The van der Waals surface area contributed by atoms with Crippen molar-refractivity contribution in [2.45, 2.75) is 51.1 Å². The average molecular weight is 679 g/mol. The molecule has 3 heterocycles. The summed E-state index contributed by atoms with van der Waals surface area (Å²) < 4.78 is 11.8. The molecule has 2 aliphatic heterocycles. The third-order valence-electron chi connectivity index (χ3n) is 8.65. The molecule has 0 saturated carbocycles. The molecule has 1 saturated heterocycles. The van der Waals surface area contributed by atoms with Gasteiger partial charge in [0.1, 0.15) is 23.2 Å². The summed E-state index contributed by atoms with van der Waals surface area (Å²) in [7, 11) is 0. The number of imide groups is 2. The maximum absolute atomic E-state index is 13.2. The topological polar surface area (TPSA) is 186 Å². The van der Waals surface area contributed by atoms with Crippen LogP contribution in [0.2, 0.25) is 0 Å². The van der Waals surface area contributed by atoms with Crippen molar-refractivity contribution in [3.05, 3.63) is 95.1 Å². The highest BCUT2D eigenvalue weighted by Crippen LogP contribution is 2.34. The number of amides is 4. The first-order chi connectivity index (χ1) is 24.3. The number of unbranched alkanes of at least 4 members (excludes halogenated alkanes) is 2. The number of nitrogens with zero attached hydrogens (tertiary/aromatic N) is 3. The number of nitrogens with one attached hydrogen (secondary N) is 2. The van der Waals surface area contributed by atoms with Crippen LogP contribution in [0.25, 0.3) is 11.3 Å². The summed E-state index contributed by atoms with van der Waals surface area (Å²) in [5, 5.41) is 23.8. The number of ether oxygens (including phenoxy) is 2. The van der Waals surface area contributed by atoms with Gasteiger partial charge >= 0.3 is 0 Å². The third-order valence-corrected chi connectivity index (χ3v) is 8.65. The molecule has 1 atom stereocenters. The van der Waals surface area contributed by atoms with Crippen molar-refractivity contribution in [1.82, 2.24) is 25.7 Å². The molecular weight excluding hydrogens is 640 g/mol. The zero-order valence-electron chi connectivity index (χ0n) is 27.4. The monoisotopic (exact) mass is 678 g/mol. The summed E-state index contributed by atoms with van der Waals surface area (Å²) in [5.41, 5.74) is 9.64. The van der Waals surface area contributed by atoms with E-state index in [1.54, 1.807) is 42.5 Å². The number of anilines is 1. The summed E-state index contributed by atoms with van der Waals surface area (Å²) in [4.78, 5) is 51.0. The van der Waals surface area contributed by atoms with Gasteiger partial charge in [-0.05, 0) is 67.6 Å². The Morgan fingerprint density at radius 1 is 0.840 bits per heavy atom. The fraction of sp³-hybridized carbons (Fsp3) is 0.297. The van der Waals surface area contributed by atoms with Gasteiger partial charge in [-0.15, -0.1) is 10.2 Å². The predicted octanol–water partition coefficient (Wildman–Crippen LogP) is 3.79. The average Bonchev–Trinajstić information content (AvgIpc) is 3.37. The number of fused-ring (bicyclic) bond motifs is 1. The lowest BCUT2D eigenvalue weighted by atomic mass is 10.0. The number of phenols is 1. The van der Waals surface area contributed by atoms with Crippen LogP contribution < -0.4 is 25.8 Å². The summed E-state index contributed by atoms with van der Waals surface area (Å²) in [6.07, 6.45) is 3.45. The van der Waals surface area contributed by atoms with Crippen LogP contribution >= 0.6 is 0 Å².